The molecule has 0 spiro atoms. The number of nitrogens with one attached hydrogen (secondary N) is 1. The summed E-state index contributed by atoms with van der Waals surface area (Å²) in [5.74, 6) is 0.0983. The minimum absolute atomic E-state index is 0.0983. The van der Waals surface area contributed by atoms with Gasteiger partial charge in [0.1, 0.15) is 0 Å². The number of aromatic nitrogens is 1. The lowest BCUT2D eigenvalue weighted by atomic mass is 10.2. The second-order valence-electron chi connectivity index (χ2n) is 4.58. The molecule has 20 heavy (non-hydrogen) atoms. The number of benzene rings is 1. The first-order valence-corrected chi connectivity index (χ1v) is 6.50. The maximum atomic E-state index is 10.8. The molecule has 0 saturated carbocycles. The van der Waals surface area contributed by atoms with Crippen LogP contribution in [0, 0.1) is 0 Å². The van der Waals surface area contributed by atoms with Gasteiger partial charge in [-0.25, -0.2) is 0 Å². The van der Waals surface area contributed by atoms with Crippen molar-refractivity contribution in [2.24, 2.45) is 0 Å². The number of carbonyl (C=O) groups is 1. The number of carbonyl (C=O) groups excluding carboxylic acids is 1. The number of rotatable bonds is 0. The normalized spacial score (nSPS) is 12.3. The van der Waals surface area contributed by atoms with Gasteiger partial charge in [0.05, 0.1) is 12.1 Å². The Labute approximate surface area is 117 Å². The van der Waals surface area contributed by atoms with Crippen molar-refractivity contribution in [2.45, 2.75) is 6.42 Å². The topological polar surface area (TPSA) is 42.0 Å². The zero-order valence-corrected chi connectivity index (χ0v) is 10.9. The molecule has 1 N–H and O–H groups in total. The summed E-state index contributed by atoms with van der Waals surface area (Å²) >= 11 is 0. The molecule has 3 nitrogen and oxygen atoms in total. The van der Waals surface area contributed by atoms with Gasteiger partial charge in [-0.15, -0.1) is 0 Å². The number of para-hydroxylation sites is 1. The minimum atomic E-state index is 0.0983. The summed E-state index contributed by atoms with van der Waals surface area (Å²) in [5, 5.41) is 2.76. The number of nitrogens with zero attached hydrogens (tertiary/aromatic N) is 1. The Bertz CT molecular complexity index is 654. The van der Waals surface area contributed by atoms with Crippen LogP contribution >= 0.6 is 0 Å². The number of fused-ring (bicyclic) bond motifs is 2. The van der Waals surface area contributed by atoms with Crippen LogP contribution in [0.2, 0.25) is 0 Å². The molecule has 0 aromatic heterocycles. The highest BCUT2D eigenvalue weighted by molar-refractivity contribution is 5.98. The van der Waals surface area contributed by atoms with E-state index in [4.69, 9.17) is 0 Å². The number of hydrogen-bond acceptors (Lipinski definition) is 2. The van der Waals surface area contributed by atoms with Crippen molar-refractivity contribution < 1.29 is 4.79 Å². The molecule has 0 radical (unpaired) electrons. The second-order valence-corrected chi connectivity index (χ2v) is 4.58. The SMILES string of the molecule is O=C1Cc2ccccc2N1.c1ccc2ccnc-2cc1. The van der Waals surface area contributed by atoms with E-state index in [0.717, 1.165) is 16.9 Å². The van der Waals surface area contributed by atoms with Crippen molar-refractivity contribution in [1.29, 1.82) is 0 Å². The van der Waals surface area contributed by atoms with Gasteiger partial charge >= 0.3 is 0 Å². The lowest BCUT2D eigenvalue weighted by molar-refractivity contribution is -0.115. The Balaban J connectivity index is 0.000000121. The summed E-state index contributed by atoms with van der Waals surface area (Å²) in [7, 11) is 0. The minimum Gasteiger partial charge on any atom is -0.326 e. The first-order valence-electron chi connectivity index (χ1n) is 6.50. The van der Waals surface area contributed by atoms with Gasteiger partial charge in [0.15, 0.2) is 0 Å². The molecule has 1 aromatic carbocycles. The zero-order chi connectivity index (χ0) is 13.8. The molecule has 0 fully saturated rings. The van der Waals surface area contributed by atoms with Crippen molar-refractivity contribution in [3.05, 3.63) is 72.4 Å². The molecule has 0 saturated heterocycles. The number of amides is 1. The Kier molecular flexibility index (Phi) is 3.42. The molecule has 0 atom stereocenters. The molecule has 4 rings (SSSR count). The van der Waals surface area contributed by atoms with E-state index in [2.05, 4.69) is 16.4 Å². The predicted octanol–water partition coefficient (Wildman–Crippen LogP) is 3.37. The maximum Gasteiger partial charge on any atom is 0.228 e. The molecule has 0 bridgehead atoms. The van der Waals surface area contributed by atoms with Crippen LogP contribution in [0.5, 0.6) is 0 Å². The fourth-order valence-corrected chi connectivity index (χ4v) is 2.17. The highest BCUT2D eigenvalue weighted by Crippen LogP contribution is 2.21. The fourth-order valence-electron chi connectivity index (χ4n) is 2.17. The van der Waals surface area contributed by atoms with Crippen LogP contribution < -0.4 is 5.32 Å². The lowest BCUT2D eigenvalue weighted by Crippen LogP contribution is -2.03. The van der Waals surface area contributed by atoms with Crippen LogP contribution in [0.15, 0.2) is 66.9 Å². The average Bonchev–Trinajstić information content (AvgIpc) is 2.99. The van der Waals surface area contributed by atoms with Gasteiger partial charge < -0.3 is 5.32 Å². The summed E-state index contributed by atoms with van der Waals surface area (Å²) < 4.78 is 0. The maximum absolute atomic E-state index is 10.8. The molecule has 0 unspecified atom stereocenters. The van der Waals surface area contributed by atoms with Crippen molar-refractivity contribution in [3.8, 4) is 11.3 Å². The number of hydrogen-bond donors (Lipinski definition) is 1. The van der Waals surface area contributed by atoms with E-state index in [9.17, 15) is 4.79 Å². The van der Waals surface area contributed by atoms with Crippen LogP contribution in [0.3, 0.4) is 0 Å². The summed E-state index contributed by atoms with van der Waals surface area (Å²) in [5.41, 5.74) is 4.33. The molecule has 2 heterocycles. The Morgan fingerprint density at radius 2 is 1.70 bits per heavy atom. The fraction of sp³-hybridized carbons (Fsp3) is 0.0588. The van der Waals surface area contributed by atoms with E-state index in [0.29, 0.717) is 6.42 Å². The van der Waals surface area contributed by atoms with E-state index >= 15 is 0 Å². The molecule has 1 aliphatic carbocycles. The van der Waals surface area contributed by atoms with Gasteiger partial charge in [0, 0.05) is 17.4 Å². The Hall–Kier alpha value is -2.68. The standard InChI is InChI=1S/C9H7N.C8H7NO/c1-2-4-8-6-7-10-9(8)5-3-1;10-8-5-6-3-1-2-4-7(6)9-8/h1-7H;1-4H,5H2,(H,9,10). The smallest absolute Gasteiger partial charge is 0.228 e. The van der Waals surface area contributed by atoms with Crippen LogP contribution in [0.4, 0.5) is 5.69 Å². The van der Waals surface area contributed by atoms with Gasteiger partial charge in [-0.1, -0.05) is 42.5 Å². The summed E-state index contributed by atoms with van der Waals surface area (Å²) in [6, 6.07) is 19.8. The summed E-state index contributed by atoms with van der Waals surface area (Å²) in [4.78, 5) is 14.9. The first kappa shape index (κ1) is 12.4. The molecule has 3 heteroatoms. The molecular formula is C17H14N2O. The third-order valence-electron chi connectivity index (χ3n) is 3.16. The molecular weight excluding hydrogens is 248 g/mol. The third-order valence-corrected chi connectivity index (χ3v) is 3.16. The molecule has 1 amide bonds. The highest BCUT2D eigenvalue weighted by atomic mass is 16.1. The van der Waals surface area contributed by atoms with Crippen LogP contribution in [-0.4, -0.2) is 10.9 Å². The van der Waals surface area contributed by atoms with E-state index in [1.165, 1.54) is 5.56 Å². The predicted molar refractivity (Wildman–Crippen MR) is 79.6 cm³/mol. The van der Waals surface area contributed by atoms with Gasteiger partial charge in [-0.2, -0.15) is 0 Å². The van der Waals surface area contributed by atoms with Gasteiger partial charge in [-0.05, 0) is 23.8 Å². The zero-order valence-electron chi connectivity index (χ0n) is 10.9. The Morgan fingerprint density at radius 3 is 2.60 bits per heavy atom. The van der Waals surface area contributed by atoms with Crippen molar-refractivity contribution in [2.75, 3.05) is 5.32 Å². The molecule has 98 valence electrons. The summed E-state index contributed by atoms with van der Waals surface area (Å²) in [6.45, 7) is 0. The van der Waals surface area contributed by atoms with Gasteiger partial charge in [0.25, 0.3) is 0 Å². The monoisotopic (exact) mass is 262 g/mol. The second kappa shape index (κ2) is 5.53. The quantitative estimate of drug-likeness (QED) is 0.675. The number of anilines is 1. The molecule has 2 aliphatic heterocycles. The van der Waals surface area contributed by atoms with Crippen LogP contribution in [0.1, 0.15) is 5.56 Å². The first-order chi connectivity index (χ1) is 9.83. The Morgan fingerprint density at radius 1 is 0.900 bits per heavy atom. The van der Waals surface area contributed by atoms with E-state index in [1.54, 1.807) is 0 Å². The summed E-state index contributed by atoms with van der Waals surface area (Å²) in [6.07, 6.45) is 2.36. The molecule has 3 aliphatic rings. The van der Waals surface area contributed by atoms with Crippen molar-refractivity contribution in [1.82, 2.24) is 4.98 Å². The highest BCUT2D eigenvalue weighted by Gasteiger charge is 2.15. The van der Waals surface area contributed by atoms with Gasteiger partial charge in [-0.3, -0.25) is 9.78 Å². The van der Waals surface area contributed by atoms with Crippen molar-refractivity contribution >= 4 is 11.6 Å². The lowest BCUT2D eigenvalue weighted by Gasteiger charge is -1.93. The largest absolute Gasteiger partial charge is 0.326 e. The van der Waals surface area contributed by atoms with E-state index < -0.39 is 0 Å². The van der Waals surface area contributed by atoms with Crippen molar-refractivity contribution in [3.63, 3.8) is 0 Å². The van der Waals surface area contributed by atoms with Crippen LogP contribution in [-0.2, 0) is 11.2 Å². The van der Waals surface area contributed by atoms with Crippen LogP contribution in [0.25, 0.3) is 11.3 Å². The average molecular weight is 262 g/mol. The third kappa shape index (κ3) is 2.67. The van der Waals surface area contributed by atoms with E-state index in [-0.39, 0.29) is 5.91 Å². The van der Waals surface area contributed by atoms with Gasteiger partial charge in [0.2, 0.25) is 5.91 Å². The van der Waals surface area contributed by atoms with E-state index in [1.807, 2.05) is 60.8 Å². The molecule has 1 aromatic rings.